The second-order valence-electron chi connectivity index (χ2n) is 7.37. The molecule has 4 heteroatoms. The third kappa shape index (κ3) is 3.41. The molecule has 0 spiro atoms. The highest BCUT2D eigenvalue weighted by Crippen LogP contribution is 2.47. The summed E-state index contributed by atoms with van der Waals surface area (Å²) in [4.78, 5) is 13.2. The van der Waals surface area contributed by atoms with E-state index in [1.54, 1.807) is 4.90 Å². The Kier molecular flexibility index (Phi) is 4.31. The highest BCUT2D eigenvalue weighted by Gasteiger charge is 2.48. The van der Waals surface area contributed by atoms with Crippen molar-refractivity contribution < 1.29 is 9.90 Å². The molecule has 1 aliphatic carbocycles. The summed E-state index contributed by atoms with van der Waals surface area (Å²) >= 11 is 6.05. The van der Waals surface area contributed by atoms with Gasteiger partial charge < -0.3 is 5.11 Å². The molecular weight excluding hydrogens is 322 g/mol. The van der Waals surface area contributed by atoms with Crippen molar-refractivity contribution >= 4 is 17.7 Å². The first kappa shape index (κ1) is 16.8. The van der Waals surface area contributed by atoms with E-state index in [-0.39, 0.29) is 17.5 Å². The quantitative estimate of drug-likeness (QED) is 0.783. The third-order valence-corrected chi connectivity index (χ3v) is 4.75. The average molecular weight is 344 g/mol. The van der Waals surface area contributed by atoms with Gasteiger partial charge >= 0.3 is 6.09 Å². The fourth-order valence-electron chi connectivity index (χ4n) is 3.34. The lowest BCUT2D eigenvalue weighted by Crippen LogP contribution is -2.46. The molecule has 0 radical (unpaired) electrons. The molecule has 0 saturated heterocycles. The highest BCUT2D eigenvalue weighted by molar-refractivity contribution is 6.30. The van der Waals surface area contributed by atoms with E-state index in [0.717, 1.165) is 22.6 Å². The van der Waals surface area contributed by atoms with Gasteiger partial charge in [0.1, 0.15) is 0 Å². The minimum absolute atomic E-state index is 0.0690. The van der Waals surface area contributed by atoms with Gasteiger partial charge in [-0.1, -0.05) is 48.0 Å². The number of carboxylic acid groups (broad SMARTS) is 1. The first-order valence-electron chi connectivity index (χ1n) is 8.15. The van der Waals surface area contributed by atoms with Crippen LogP contribution >= 0.6 is 11.6 Å². The summed E-state index contributed by atoms with van der Waals surface area (Å²) in [6, 6.07) is 16.2. The molecule has 1 N–H and O–H groups in total. The maximum atomic E-state index is 11.6. The van der Waals surface area contributed by atoms with Crippen LogP contribution in [0.3, 0.4) is 0 Å². The van der Waals surface area contributed by atoms with Crippen LogP contribution in [0.2, 0.25) is 5.02 Å². The molecule has 1 amide bonds. The Morgan fingerprint density at radius 2 is 1.79 bits per heavy atom. The summed E-state index contributed by atoms with van der Waals surface area (Å²) in [5, 5.41) is 10.2. The van der Waals surface area contributed by atoms with E-state index in [1.165, 1.54) is 5.56 Å². The number of hydrogen-bond acceptors (Lipinski definition) is 1. The summed E-state index contributed by atoms with van der Waals surface area (Å²) in [6.45, 7) is 5.83. The second kappa shape index (κ2) is 6.14. The van der Waals surface area contributed by atoms with Gasteiger partial charge in [0.2, 0.25) is 0 Å². The van der Waals surface area contributed by atoms with Gasteiger partial charge in [-0.15, -0.1) is 0 Å². The fraction of sp³-hybridized carbons (Fsp3) is 0.350. The predicted octanol–water partition coefficient (Wildman–Crippen LogP) is 5.64. The van der Waals surface area contributed by atoms with Gasteiger partial charge in [0, 0.05) is 22.5 Å². The molecule has 1 fully saturated rings. The van der Waals surface area contributed by atoms with Crippen molar-refractivity contribution in [2.75, 3.05) is 0 Å². The van der Waals surface area contributed by atoms with Crippen molar-refractivity contribution in [3.05, 3.63) is 59.1 Å². The molecule has 3 nitrogen and oxygen atoms in total. The minimum atomic E-state index is -0.842. The Morgan fingerprint density at radius 1 is 1.12 bits per heavy atom. The van der Waals surface area contributed by atoms with E-state index >= 15 is 0 Å². The summed E-state index contributed by atoms with van der Waals surface area (Å²) in [5.41, 5.74) is 3.01. The van der Waals surface area contributed by atoms with E-state index in [4.69, 9.17) is 11.6 Å². The summed E-state index contributed by atoms with van der Waals surface area (Å²) in [5.74, 6) is 0.286. The lowest BCUT2D eigenvalue weighted by molar-refractivity contribution is 0.0940. The molecule has 3 rings (SSSR count). The molecule has 2 atom stereocenters. The van der Waals surface area contributed by atoms with Crippen LogP contribution in [0.1, 0.15) is 38.7 Å². The molecule has 1 aliphatic rings. The van der Waals surface area contributed by atoms with Crippen LogP contribution < -0.4 is 0 Å². The van der Waals surface area contributed by atoms with Crippen molar-refractivity contribution in [3.63, 3.8) is 0 Å². The number of halogens is 1. The third-order valence-electron chi connectivity index (χ3n) is 4.51. The Morgan fingerprint density at radius 3 is 2.33 bits per heavy atom. The monoisotopic (exact) mass is 343 g/mol. The van der Waals surface area contributed by atoms with Crippen LogP contribution in [0, 0.1) is 0 Å². The summed E-state index contributed by atoms with van der Waals surface area (Å²) in [6.07, 6.45) is 0.0469. The average Bonchev–Trinajstić information content (AvgIpc) is 3.25. The largest absolute Gasteiger partial charge is 0.465 e. The van der Waals surface area contributed by atoms with E-state index in [2.05, 4.69) is 24.3 Å². The van der Waals surface area contributed by atoms with Gasteiger partial charge in [0.05, 0.1) is 0 Å². The van der Waals surface area contributed by atoms with E-state index in [0.29, 0.717) is 0 Å². The number of carbonyl (C=O) groups is 1. The van der Waals surface area contributed by atoms with E-state index in [1.807, 2.05) is 45.0 Å². The normalized spacial score (nSPS) is 19.8. The second-order valence-corrected chi connectivity index (χ2v) is 7.80. The van der Waals surface area contributed by atoms with Gasteiger partial charge in [-0.25, -0.2) is 4.79 Å². The van der Waals surface area contributed by atoms with Crippen LogP contribution in [-0.2, 0) is 0 Å². The Labute approximate surface area is 147 Å². The van der Waals surface area contributed by atoms with Crippen molar-refractivity contribution in [3.8, 4) is 11.1 Å². The first-order valence-corrected chi connectivity index (χ1v) is 8.53. The van der Waals surface area contributed by atoms with Gasteiger partial charge in [0.15, 0.2) is 0 Å². The van der Waals surface area contributed by atoms with E-state index in [9.17, 15) is 9.90 Å². The summed E-state index contributed by atoms with van der Waals surface area (Å²) < 4.78 is 0. The molecule has 24 heavy (non-hydrogen) atoms. The minimum Gasteiger partial charge on any atom is -0.465 e. The SMILES string of the molecule is CC(C)(C)N(C(=O)O)[C@@H]1C[C@H]1c1ccc(-c2cccc(Cl)c2)cc1. The number of amides is 1. The van der Waals surface area contributed by atoms with Gasteiger partial charge in [-0.2, -0.15) is 0 Å². The van der Waals surface area contributed by atoms with Crippen LogP contribution in [-0.4, -0.2) is 27.7 Å². The molecule has 0 aliphatic heterocycles. The zero-order valence-corrected chi connectivity index (χ0v) is 14.9. The topological polar surface area (TPSA) is 40.5 Å². The van der Waals surface area contributed by atoms with Crippen molar-refractivity contribution in [1.29, 1.82) is 0 Å². The van der Waals surface area contributed by atoms with Crippen LogP contribution in [0.4, 0.5) is 4.79 Å². The van der Waals surface area contributed by atoms with Gasteiger partial charge in [-0.05, 0) is 56.0 Å². The fourth-order valence-corrected chi connectivity index (χ4v) is 3.53. The number of benzene rings is 2. The molecular formula is C20H22ClNO2. The van der Waals surface area contributed by atoms with Crippen LogP contribution in [0.25, 0.3) is 11.1 Å². The number of rotatable bonds is 3. The lowest BCUT2D eigenvalue weighted by atomic mass is 10.0. The standard InChI is InChI=1S/C20H22ClNO2/c1-20(2,3)22(19(23)24)18-12-17(18)14-9-7-13(8-10-14)15-5-4-6-16(21)11-15/h4-11,17-18H,12H2,1-3H3,(H,23,24)/t17-,18+/m0/s1. The Bertz CT molecular complexity index is 749. The van der Waals surface area contributed by atoms with Crippen molar-refractivity contribution in [1.82, 2.24) is 4.90 Å². The smallest absolute Gasteiger partial charge is 0.408 e. The van der Waals surface area contributed by atoms with Crippen molar-refractivity contribution in [2.24, 2.45) is 0 Å². The molecule has 2 aromatic rings. The molecule has 1 saturated carbocycles. The predicted molar refractivity (Wildman–Crippen MR) is 97.7 cm³/mol. The zero-order valence-electron chi connectivity index (χ0n) is 14.2. The van der Waals surface area contributed by atoms with Gasteiger partial charge in [0.25, 0.3) is 0 Å². The number of hydrogen-bond donors (Lipinski definition) is 1. The maximum Gasteiger partial charge on any atom is 0.408 e. The molecule has 2 aromatic carbocycles. The lowest BCUT2D eigenvalue weighted by Gasteiger charge is -2.33. The van der Waals surface area contributed by atoms with Gasteiger partial charge in [-0.3, -0.25) is 4.90 Å². The molecule has 0 bridgehead atoms. The zero-order chi connectivity index (χ0) is 17.5. The molecule has 126 valence electrons. The Balaban J connectivity index is 1.77. The van der Waals surface area contributed by atoms with E-state index < -0.39 is 6.09 Å². The molecule has 0 unspecified atom stereocenters. The maximum absolute atomic E-state index is 11.6. The highest BCUT2D eigenvalue weighted by atomic mass is 35.5. The van der Waals surface area contributed by atoms with Crippen LogP contribution in [0.15, 0.2) is 48.5 Å². The molecule has 0 heterocycles. The van der Waals surface area contributed by atoms with Crippen molar-refractivity contribution in [2.45, 2.75) is 44.7 Å². The summed E-state index contributed by atoms with van der Waals surface area (Å²) in [7, 11) is 0. The first-order chi connectivity index (χ1) is 11.3. The van der Waals surface area contributed by atoms with Crippen LogP contribution in [0.5, 0.6) is 0 Å². The Hall–Kier alpha value is -2.00. The number of nitrogens with zero attached hydrogens (tertiary/aromatic N) is 1. The molecule has 0 aromatic heterocycles.